The highest BCUT2D eigenvalue weighted by atomic mass is 35.5. The molecule has 4 heteroatoms. The minimum Gasteiger partial charge on any atom is -0.381 e. The lowest BCUT2D eigenvalue weighted by molar-refractivity contribution is -0.135. The normalized spacial score (nSPS) is 24.1. The molecule has 0 aromatic heterocycles. The number of carbonyl (C=O) groups excluding carboxylic acids is 1. The third-order valence-corrected chi connectivity index (χ3v) is 3.90. The largest absolute Gasteiger partial charge is 0.381 e. The van der Waals surface area contributed by atoms with E-state index in [1.165, 1.54) is 0 Å². The molecule has 16 heavy (non-hydrogen) atoms. The van der Waals surface area contributed by atoms with Crippen LogP contribution in [0, 0.1) is 0 Å². The first-order valence-electron chi connectivity index (χ1n) is 6.28. The topological polar surface area (TPSA) is 29.5 Å². The highest BCUT2D eigenvalue weighted by Gasteiger charge is 2.39. The van der Waals surface area contributed by atoms with Crippen molar-refractivity contribution in [2.24, 2.45) is 0 Å². The van der Waals surface area contributed by atoms with Crippen LogP contribution in [0.2, 0.25) is 0 Å². The Bertz CT molecular complexity index is 249. The Labute approximate surface area is 102 Å². The molecule has 1 saturated carbocycles. The third-order valence-electron chi connectivity index (χ3n) is 3.41. The predicted molar refractivity (Wildman–Crippen MR) is 63.6 cm³/mol. The summed E-state index contributed by atoms with van der Waals surface area (Å²) in [7, 11) is 0. The van der Waals surface area contributed by atoms with Crippen LogP contribution in [0.1, 0.15) is 39.0 Å². The molecular formula is C12H20ClNO2. The number of carbonyl (C=O) groups is 1. The molecule has 2 aliphatic rings. The van der Waals surface area contributed by atoms with Gasteiger partial charge in [-0.3, -0.25) is 4.79 Å². The summed E-state index contributed by atoms with van der Waals surface area (Å²) in [6, 6.07) is 0.824. The molecule has 92 valence electrons. The van der Waals surface area contributed by atoms with E-state index in [-0.39, 0.29) is 11.3 Å². The number of halogens is 1. The quantitative estimate of drug-likeness (QED) is 0.711. The Kier molecular flexibility index (Phi) is 4.09. The van der Waals surface area contributed by atoms with Crippen LogP contribution in [-0.2, 0) is 9.53 Å². The Hall–Kier alpha value is -0.280. The Morgan fingerprint density at radius 3 is 2.38 bits per heavy atom. The maximum atomic E-state index is 12.2. The summed E-state index contributed by atoms with van der Waals surface area (Å²) in [6.45, 7) is 3.52. The number of alkyl halides is 1. The van der Waals surface area contributed by atoms with E-state index in [0.717, 1.165) is 38.9 Å². The molecule has 2 rings (SSSR count). The van der Waals surface area contributed by atoms with Crippen molar-refractivity contribution in [1.29, 1.82) is 0 Å². The van der Waals surface area contributed by atoms with Crippen molar-refractivity contribution in [3.8, 4) is 0 Å². The van der Waals surface area contributed by atoms with Gasteiger partial charge in [0.2, 0.25) is 5.91 Å². The molecule has 0 N–H and O–H groups in total. The van der Waals surface area contributed by atoms with Gasteiger partial charge >= 0.3 is 0 Å². The molecule has 1 aliphatic heterocycles. The zero-order chi connectivity index (χ0) is 11.5. The van der Waals surface area contributed by atoms with Crippen LogP contribution in [0.15, 0.2) is 0 Å². The minimum atomic E-state index is -0.344. The average Bonchev–Trinajstić information content (AvgIpc) is 3.14. The molecule has 1 amide bonds. The van der Waals surface area contributed by atoms with Gasteiger partial charge in [0.05, 0.1) is 0 Å². The fourth-order valence-corrected chi connectivity index (χ4v) is 2.42. The van der Waals surface area contributed by atoms with Gasteiger partial charge in [-0.1, -0.05) is 6.92 Å². The first kappa shape index (κ1) is 12.2. The van der Waals surface area contributed by atoms with Crippen LogP contribution in [0.25, 0.3) is 0 Å². The fourth-order valence-electron chi connectivity index (χ4n) is 2.31. The number of nitrogens with zero attached hydrogens (tertiary/aromatic N) is 1. The summed E-state index contributed by atoms with van der Waals surface area (Å²) in [5.74, 6) is 0.138. The van der Waals surface area contributed by atoms with Gasteiger partial charge in [-0.2, -0.15) is 0 Å². The van der Waals surface area contributed by atoms with Gasteiger partial charge < -0.3 is 9.64 Å². The Balaban J connectivity index is 2.00. The zero-order valence-electron chi connectivity index (χ0n) is 9.82. The smallest absolute Gasteiger partial charge is 0.241 e. The molecule has 0 bridgehead atoms. The van der Waals surface area contributed by atoms with Crippen molar-refractivity contribution in [1.82, 2.24) is 4.90 Å². The van der Waals surface area contributed by atoms with E-state index >= 15 is 0 Å². The number of hydrogen-bond acceptors (Lipinski definition) is 2. The SMILES string of the molecule is CCC(Cl)C(=O)N(C1CCOCC1)C1CC1. The number of hydrogen-bond donors (Lipinski definition) is 0. The zero-order valence-corrected chi connectivity index (χ0v) is 10.6. The molecule has 1 saturated heterocycles. The summed E-state index contributed by atoms with van der Waals surface area (Å²) in [5.41, 5.74) is 0. The highest BCUT2D eigenvalue weighted by molar-refractivity contribution is 6.30. The minimum absolute atomic E-state index is 0.138. The first-order valence-corrected chi connectivity index (χ1v) is 6.71. The number of ether oxygens (including phenoxy) is 1. The standard InChI is InChI=1S/C12H20ClNO2/c1-2-11(13)12(15)14(9-3-4-9)10-5-7-16-8-6-10/h9-11H,2-8H2,1H3. The van der Waals surface area contributed by atoms with E-state index in [9.17, 15) is 4.79 Å². The molecule has 1 unspecified atom stereocenters. The lowest BCUT2D eigenvalue weighted by Gasteiger charge is -2.35. The third kappa shape index (κ3) is 2.69. The van der Waals surface area contributed by atoms with E-state index in [2.05, 4.69) is 4.90 Å². The van der Waals surface area contributed by atoms with Crippen LogP contribution in [0.4, 0.5) is 0 Å². The van der Waals surface area contributed by atoms with E-state index in [0.29, 0.717) is 18.5 Å². The van der Waals surface area contributed by atoms with Crippen LogP contribution >= 0.6 is 11.6 Å². The van der Waals surface area contributed by atoms with Crippen molar-refractivity contribution in [2.45, 2.75) is 56.5 Å². The summed E-state index contributed by atoms with van der Waals surface area (Å²) in [5, 5.41) is -0.344. The molecule has 0 spiro atoms. The van der Waals surface area contributed by atoms with Gasteiger partial charge in [-0.25, -0.2) is 0 Å². The molecule has 0 aromatic rings. The van der Waals surface area contributed by atoms with E-state index in [1.54, 1.807) is 0 Å². The molecule has 0 radical (unpaired) electrons. The molecule has 1 aliphatic carbocycles. The Morgan fingerprint density at radius 1 is 1.31 bits per heavy atom. The Morgan fingerprint density at radius 2 is 1.88 bits per heavy atom. The van der Waals surface area contributed by atoms with Gasteiger partial charge in [0.25, 0.3) is 0 Å². The van der Waals surface area contributed by atoms with Gasteiger partial charge in [0.1, 0.15) is 5.38 Å². The molecule has 2 fully saturated rings. The average molecular weight is 246 g/mol. The van der Waals surface area contributed by atoms with Crippen LogP contribution < -0.4 is 0 Å². The van der Waals surface area contributed by atoms with Gasteiger partial charge in [0.15, 0.2) is 0 Å². The van der Waals surface area contributed by atoms with Crippen molar-refractivity contribution in [2.75, 3.05) is 13.2 Å². The maximum Gasteiger partial charge on any atom is 0.241 e. The van der Waals surface area contributed by atoms with Crippen molar-refractivity contribution >= 4 is 17.5 Å². The van der Waals surface area contributed by atoms with Gasteiger partial charge in [-0.15, -0.1) is 11.6 Å². The van der Waals surface area contributed by atoms with Crippen LogP contribution in [-0.4, -0.2) is 41.5 Å². The monoisotopic (exact) mass is 245 g/mol. The predicted octanol–water partition coefficient (Wildman–Crippen LogP) is 2.17. The molecular weight excluding hydrogens is 226 g/mol. The molecule has 0 aromatic carbocycles. The van der Waals surface area contributed by atoms with Crippen LogP contribution in [0.5, 0.6) is 0 Å². The van der Waals surface area contributed by atoms with Gasteiger partial charge in [0, 0.05) is 25.3 Å². The van der Waals surface area contributed by atoms with Crippen molar-refractivity contribution in [3.63, 3.8) is 0 Å². The van der Waals surface area contributed by atoms with Crippen LogP contribution in [0.3, 0.4) is 0 Å². The second-order valence-corrected chi connectivity index (χ2v) is 5.22. The van der Waals surface area contributed by atoms with E-state index in [1.807, 2.05) is 6.92 Å². The van der Waals surface area contributed by atoms with Crippen molar-refractivity contribution in [3.05, 3.63) is 0 Å². The summed E-state index contributed by atoms with van der Waals surface area (Å²) in [4.78, 5) is 14.3. The lowest BCUT2D eigenvalue weighted by Crippen LogP contribution is -2.47. The first-order chi connectivity index (χ1) is 7.74. The maximum absolute atomic E-state index is 12.2. The number of rotatable bonds is 4. The molecule has 1 heterocycles. The summed E-state index contributed by atoms with van der Waals surface area (Å²) < 4.78 is 5.35. The summed E-state index contributed by atoms with van der Waals surface area (Å²) in [6.07, 6.45) is 4.95. The van der Waals surface area contributed by atoms with Gasteiger partial charge in [-0.05, 0) is 32.1 Å². The lowest BCUT2D eigenvalue weighted by atomic mass is 10.1. The van der Waals surface area contributed by atoms with E-state index in [4.69, 9.17) is 16.3 Å². The second kappa shape index (κ2) is 5.37. The fraction of sp³-hybridized carbons (Fsp3) is 0.917. The summed E-state index contributed by atoms with van der Waals surface area (Å²) >= 11 is 6.08. The second-order valence-electron chi connectivity index (χ2n) is 4.70. The molecule has 3 nitrogen and oxygen atoms in total. The van der Waals surface area contributed by atoms with Crippen molar-refractivity contribution < 1.29 is 9.53 Å². The number of amides is 1. The van der Waals surface area contributed by atoms with E-state index < -0.39 is 0 Å². The molecule has 1 atom stereocenters. The highest BCUT2D eigenvalue weighted by Crippen LogP contribution is 2.32.